The maximum atomic E-state index is 12.5. The fraction of sp³-hybridized carbons (Fsp3) is 0.556. The normalized spacial score (nSPS) is 31.5. The van der Waals surface area contributed by atoms with Crippen LogP contribution in [-0.2, 0) is 10.2 Å². The minimum atomic E-state index is -0.136. The Labute approximate surface area is 136 Å². The monoisotopic (exact) mass is 313 g/mol. The van der Waals surface area contributed by atoms with Crippen LogP contribution in [0.25, 0.3) is 0 Å². The van der Waals surface area contributed by atoms with Crippen LogP contribution in [0, 0.1) is 11.8 Å². The van der Waals surface area contributed by atoms with E-state index in [1.54, 1.807) is 6.20 Å². The van der Waals surface area contributed by atoms with Crippen molar-refractivity contribution in [3.05, 3.63) is 42.2 Å². The van der Waals surface area contributed by atoms with Gasteiger partial charge in [0.05, 0.1) is 12.2 Å². The summed E-state index contributed by atoms with van der Waals surface area (Å²) in [5, 5.41) is 3.10. The average Bonchev–Trinajstić information content (AvgIpc) is 3.26. The number of ether oxygens (including phenoxy) is 1. The van der Waals surface area contributed by atoms with Crippen LogP contribution in [0.3, 0.4) is 0 Å². The molecule has 4 unspecified atom stereocenters. The molecule has 2 fully saturated rings. The number of fused-ring (bicyclic) bond motifs is 5. The van der Waals surface area contributed by atoms with E-state index < -0.39 is 0 Å². The van der Waals surface area contributed by atoms with Gasteiger partial charge in [0.1, 0.15) is 0 Å². The minimum Gasteiger partial charge on any atom is -0.366 e. The molecular formula is C18H23N3O2. The Morgan fingerprint density at radius 3 is 2.65 bits per heavy atom. The molecule has 4 atom stereocenters. The van der Waals surface area contributed by atoms with E-state index in [1.807, 2.05) is 17.2 Å². The van der Waals surface area contributed by atoms with Crippen molar-refractivity contribution >= 4 is 6.03 Å². The molecule has 3 aliphatic heterocycles. The first-order chi connectivity index (χ1) is 11.0. The standard InChI is InChI=1S/C18H23N3O2/c1-18(2,12-4-3-7-19-8-12)11-20-17(22)21-9-13-14(10-21)16-6-5-15(13)23-16/h3-8,13-16H,9-11H2,1-2H3,(H,20,22). The minimum absolute atomic E-state index is 0.0377. The summed E-state index contributed by atoms with van der Waals surface area (Å²) >= 11 is 0. The second-order valence-corrected chi connectivity index (χ2v) is 7.47. The third kappa shape index (κ3) is 2.53. The van der Waals surface area contributed by atoms with Gasteiger partial charge in [0, 0.05) is 49.3 Å². The first kappa shape index (κ1) is 14.7. The highest BCUT2D eigenvalue weighted by Crippen LogP contribution is 2.43. The summed E-state index contributed by atoms with van der Waals surface area (Å²) in [5.41, 5.74) is 0.998. The molecule has 4 heterocycles. The van der Waals surface area contributed by atoms with E-state index >= 15 is 0 Å². The summed E-state index contributed by atoms with van der Waals surface area (Å²) in [5.74, 6) is 0.948. The Hall–Kier alpha value is -1.88. The Balaban J connectivity index is 1.35. The molecule has 122 valence electrons. The Morgan fingerprint density at radius 2 is 2.04 bits per heavy atom. The van der Waals surface area contributed by atoms with Crippen LogP contribution in [0.2, 0.25) is 0 Å². The van der Waals surface area contributed by atoms with E-state index in [2.05, 4.69) is 42.4 Å². The molecule has 2 amide bonds. The van der Waals surface area contributed by atoms with Crippen molar-refractivity contribution in [2.75, 3.05) is 19.6 Å². The van der Waals surface area contributed by atoms with Gasteiger partial charge in [0.25, 0.3) is 0 Å². The summed E-state index contributed by atoms with van der Waals surface area (Å²) in [6.07, 6.45) is 8.38. The van der Waals surface area contributed by atoms with Crippen LogP contribution >= 0.6 is 0 Å². The van der Waals surface area contributed by atoms with Crippen LogP contribution in [-0.4, -0.2) is 47.8 Å². The quantitative estimate of drug-likeness (QED) is 0.868. The molecule has 2 bridgehead atoms. The number of carbonyl (C=O) groups is 1. The highest BCUT2D eigenvalue weighted by atomic mass is 16.5. The number of rotatable bonds is 3. The predicted octanol–water partition coefficient (Wildman–Crippen LogP) is 1.95. The molecule has 3 aliphatic rings. The zero-order valence-electron chi connectivity index (χ0n) is 13.6. The SMILES string of the molecule is CC(C)(CNC(=O)N1CC2C3C=CC(O3)C2C1)c1cccnc1. The maximum absolute atomic E-state index is 12.5. The zero-order valence-corrected chi connectivity index (χ0v) is 13.6. The molecule has 0 radical (unpaired) electrons. The third-order valence-electron chi connectivity index (χ3n) is 5.47. The fourth-order valence-electron chi connectivity index (χ4n) is 3.97. The van der Waals surface area contributed by atoms with Crippen molar-refractivity contribution in [3.63, 3.8) is 0 Å². The number of pyridine rings is 1. The van der Waals surface area contributed by atoms with Crippen molar-refractivity contribution in [2.45, 2.75) is 31.5 Å². The van der Waals surface area contributed by atoms with Gasteiger partial charge >= 0.3 is 6.03 Å². The summed E-state index contributed by atoms with van der Waals surface area (Å²) in [6, 6.07) is 4.03. The molecule has 1 aromatic heterocycles. The lowest BCUT2D eigenvalue weighted by Gasteiger charge is -2.27. The van der Waals surface area contributed by atoms with Crippen LogP contribution in [0.5, 0.6) is 0 Å². The molecular weight excluding hydrogens is 290 g/mol. The summed E-state index contributed by atoms with van der Waals surface area (Å²) in [4.78, 5) is 18.6. The fourth-order valence-corrected chi connectivity index (χ4v) is 3.97. The van der Waals surface area contributed by atoms with Gasteiger partial charge in [-0.3, -0.25) is 4.98 Å². The van der Waals surface area contributed by atoms with E-state index in [1.165, 1.54) is 0 Å². The van der Waals surface area contributed by atoms with Crippen LogP contribution < -0.4 is 5.32 Å². The molecule has 5 heteroatoms. The second-order valence-electron chi connectivity index (χ2n) is 7.47. The van der Waals surface area contributed by atoms with E-state index in [-0.39, 0.29) is 23.7 Å². The highest BCUT2D eigenvalue weighted by Gasteiger charge is 2.51. The van der Waals surface area contributed by atoms with E-state index in [9.17, 15) is 4.79 Å². The van der Waals surface area contributed by atoms with Gasteiger partial charge in [-0.05, 0) is 11.6 Å². The van der Waals surface area contributed by atoms with Crippen LogP contribution in [0.4, 0.5) is 4.79 Å². The number of carbonyl (C=O) groups excluding carboxylic acids is 1. The van der Waals surface area contributed by atoms with E-state index in [4.69, 9.17) is 4.74 Å². The van der Waals surface area contributed by atoms with Gasteiger partial charge in [-0.2, -0.15) is 0 Å². The molecule has 0 spiro atoms. The van der Waals surface area contributed by atoms with Gasteiger partial charge in [0.2, 0.25) is 0 Å². The largest absolute Gasteiger partial charge is 0.366 e. The van der Waals surface area contributed by atoms with Gasteiger partial charge in [-0.15, -0.1) is 0 Å². The van der Waals surface area contributed by atoms with Crippen molar-refractivity contribution < 1.29 is 9.53 Å². The zero-order chi connectivity index (χ0) is 16.0. The van der Waals surface area contributed by atoms with Gasteiger partial charge in [-0.25, -0.2) is 4.79 Å². The Kier molecular flexibility index (Phi) is 3.41. The van der Waals surface area contributed by atoms with Gasteiger partial charge < -0.3 is 15.0 Å². The smallest absolute Gasteiger partial charge is 0.317 e. The van der Waals surface area contributed by atoms with Crippen molar-refractivity contribution in [1.29, 1.82) is 0 Å². The lowest BCUT2D eigenvalue weighted by molar-refractivity contribution is 0.0882. The first-order valence-corrected chi connectivity index (χ1v) is 8.32. The first-order valence-electron chi connectivity index (χ1n) is 8.32. The molecule has 0 aliphatic carbocycles. The van der Waals surface area contributed by atoms with Crippen molar-refractivity contribution in [2.24, 2.45) is 11.8 Å². The number of hydrogen-bond donors (Lipinski definition) is 1. The molecule has 5 nitrogen and oxygen atoms in total. The lowest BCUT2D eigenvalue weighted by Crippen LogP contribution is -2.44. The van der Waals surface area contributed by atoms with Gasteiger partial charge in [-0.1, -0.05) is 32.1 Å². The molecule has 4 rings (SSSR count). The highest BCUT2D eigenvalue weighted by molar-refractivity contribution is 5.74. The van der Waals surface area contributed by atoms with Crippen LogP contribution in [0.15, 0.2) is 36.7 Å². The number of likely N-dealkylation sites (tertiary alicyclic amines) is 1. The van der Waals surface area contributed by atoms with Gasteiger partial charge in [0.15, 0.2) is 0 Å². The molecule has 2 saturated heterocycles. The average molecular weight is 313 g/mol. The topological polar surface area (TPSA) is 54.5 Å². The van der Waals surface area contributed by atoms with Crippen molar-refractivity contribution in [1.82, 2.24) is 15.2 Å². The van der Waals surface area contributed by atoms with E-state index in [0.29, 0.717) is 18.4 Å². The number of aromatic nitrogens is 1. The molecule has 0 aromatic carbocycles. The Morgan fingerprint density at radius 1 is 1.35 bits per heavy atom. The maximum Gasteiger partial charge on any atom is 0.317 e. The van der Waals surface area contributed by atoms with Crippen molar-refractivity contribution in [3.8, 4) is 0 Å². The summed E-state index contributed by atoms with van der Waals surface area (Å²) in [6.45, 7) is 6.46. The number of urea groups is 1. The number of amides is 2. The molecule has 1 N–H and O–H groups in total. The third-order valence-corrected chi connectivity index (χ3v) is 5.47. The summed E-state index contributed by atoms with van der Waals surface area (Å²) in [7, 11) is 0. The Bertz CT molecular complexity index is 608. The molecule has 0 saturated carbocycles. The number of hydrogen-bond acceptors (Lipinski definition) is 3. The lowest BCUT2D eigenvalue weighted by atomic mass is 9.86. The van der Waals surface area contributed by atoms with E-state index in [0.717, 1.165) is 18.7 Å². The number of nitrogens with zero attached hydrogens (tertiary/aromatic N) is 2. The molecule has 23 heavy (non-hydrogen) atoms. The van der Waals surface area contributed by atoms with Crippen LogP contribution in [0.1, 0.15) is 19.4 Å². The summed E-state index contributed by atoms with van der Waals surface area (Å²) < 4.78 is 5.86. The predicted molar refractivity (Wildman–Crippen MR) is 87.0 cm³/mol. The molecule has 1 aromatic rings. The number of nitrogens with one attached hydrogen (secondary N) is 1. The second kappa shape index (κ2) is 5.34.